The van der Waals surface area contributed by atoms with Crippen LogP contribution in [-0.2, 0) is 11.2 Å². The Morgan fingerprint density at radius 1 is 1.26 bits per heavy atom. The fraction of sp³-hybridized carbons (Fsp3) is 0.650. The SMILES string of the molecule is CC[C@H](CO)C(=O)N1CCC2(CC1)CC(Cc1ccccc1)C2. The maximum absolute atomic E-state index is 12.3. The molecule has 1 amide bonds. The summed E-state index contributed by atoms with van der Waals surface area (Å²) in [5.41, 5.74) is 1.95. The van der Waals surface area contributed by atoms with Crippen molar-refractivity contribution in [3.63, 3.8) is 0 Å². The van der Waals surface area contributed by atoms with Crippen molar-refractivity contribution < 1.29 is 9.90 Å². The van der Waals surface area contributed by atoms with Crippen molar-refractivity contribution in [2.24, 2.45) is 17.3 Å². The molecule has 1 aliphatic carbocycles. The lowest BCUT2D eigenvalue weighted by Crippen LogP contribution is -2.50. The number of rotatable bonds is 5. The van der Waals surface area contributed by atoms with Crippen LogP contribution in [0, 0.1) is 17.3 Å². The number of likely N-dealkylation sites (tertiary alicyclic amines) is 1. The number of aliphatic hydroxyl groups excluding tert-OH is 1. The second-order valence-electron chi connectivity index (χ2n) is 7.58. The summed E-state index contributed by atoms with van der Waals surface area (Å²) in [4.78, 5) is 14.3. The third kappa shape index (κ3) is 3.60. The summed E-state index contributed by atoms with van der Waals surface area (Å²) in [6, 6.07) is 10.8. The highest BCUT2D eigenvalue weighted by molar-refractivity contribution is 5.79. The van der Waals surface area contributed by atoms with Gasteiger partial charge in [-0.15, -0.1) is 0 Å². The van der Waals surface area contributed by atoms with Gasteiger partial charge >= 0.3 is 0 Å². The second-order valence-corrected chi connectivity index (χ2v) is 7.58. The Morgan fingerprint density at radius 3 is 2.48 bits per heavy atom. The number of hydrogen-bond acceptors (Lipinski definition) is 2. The van der Waals surface area contributed by atoms with Crippen LogP contribution >= 0.6 is 0 Å². The Hall–Kier alpha value is -1.35. The van der Waals surface area contributed by atoms with Crippen molar-refractivity contribution in [3.8, 4) is 0 Å². The van der Waals surface area contributed by atoms with Crippen molar-refractivity contribution in [2.75, 3.05) is 19.7 Å². The van der Waals surface area contributed by atoms with Crippen molar-refractivity contribution in [1.82, 2.24) is 4.90 Å². The minimum absolute atomic E-state index is 0.0177. The highest BCUT2D eigenvalue weighted by Crippen LogP contribution is 2.53. The van der Waals surface area contributed by atoms with Crippen LogP contribution in [0.1, 0.15) is 44.6 Å². The monoisotopic (exact) mass is 315 g/mol. The predicted molar refractivity (Wildman–Crippen MR) is 92.0 cm³/mol. The van der Waals surface area contributed by atoms with Gasteiger partial charge in [0.2, 0.25) is 5.91 Å². The van der Waals surface area contributed by atoms with E-state index in [4.69, 9.17) is 0 Å². The Morgan fingerprint density at radius 2 is 1.91 bits per heavy atom. The summed E-state index contributed by atoms with van der Waals surface area (Å²) in [5.74, 6) is 0.779. The minimum Gasteiger partial charge on any atom is -0.396 e. The molecule has 1 aliphatic heterocycles. The summed E-state index contributed by atoms with van der Waals surface area (Å²) in [7, 11) is 0. The molecule has 0 bridgehead atoms. The third-order valence-electron chi connectivity index (χ3n) is 6.01. The Labute approximate surface area is 139 Å². The van der Waals surface area contributed by atoms with Crippen LogP contribution in [0.4, 0.5) is 0 Å². The van der Waals surface area contributed by atoms with Gasteiger partial charge < -0.3 is 10.0 Å². The summed E-state index contributed by atoms with van der Waals surface area (Å²) < 4.78 is 0. The molecule has 0 unspecified atom stereocenters. The number of aliphatic hydroxyl groups is 1. The standard InChI is InChI=1S/C20H29NO2/c1-2-18(15-22)19(23)21-10-8-20(9-11-21)13-17(14-20)12-16-6-4-3-5-7-16/h3-7,17-18,22H,2,8-15H2,1H3/t18-/m1/s1. The van der Waals surface area contributed by atoms with Crippen molar-refractivity contribution in [3.05, 3.63) is 35.9 Å². The number of piperidine rings is 1. The number of benzene rings is 1. The lowest BCUT2D eigenvalue weighted by Gasteiger charge is -2.52. The van der Waals surface area contributed by atoms with E-state index in [-0.39, 0.29) is 18.4 Å². The molecule has 0 radical (unpaired) electrons. The summed E-state index contributed by atoms with van der Waals surface area (Å²) in [6.45, 7) is 3.72. The largest absolute Gasteiger partial charge is 0.396 e. The molecule has 0 aromatic heterocycles. The van der Waals surface area contributed by atoms with Crippen molar-refractivity contribution in [1.29, 1.82) is 0 Å². The summed E-state index contributed by atoms with van der Waals surface area (Å²) in [6.07, 6.45) is 6.86. The molecule has 3 heteroatoms. The molecule has 1 saturated heterocycles. The van der Waals surface area contributed by atoms with Crippen LogP contribution in [0.3, 0.4) is 0 Å². The Bertz CT molecular complexity index is 508. The molecule has 1 spiro atoms. The first kappa shape index (κ1) is 16.5. The van der Waals surface area contributed by atoms with Gasteiger partial charge in [-0.25, -0.2) is 0 Å². The molecule has 23 heavy (non-hydrogen) atoms. The normalized spacial score (nSPS) is 21.9. The van der Waals surface area contributed by atoms with Crippen LogP contribution in [0.2, 0.25) is 0 Å². The highest BCUT2D eigenvalue weighted by Gasteiger charge is 2.46. The lowest BCUT2D eigenvalue weighted by molar-refractivity contribution is -0.141. The van der Waals surface area contributed by atoms with Crippen LogP contribution in [0.5, 0.6) is 0 Å². The smallest absolute Gasteiger partial charge is 0.227 e. The average Bonchev–Trinajstić information content (AvgIpc) is 2.56. The zero-order chi connectivity index (χ0) is 16.3. The van der Waals surface area contributed by atoms with Gasteiger partial charge in [0.05, 0.1) is 12.5 Å². The van der Waals surface area contributed by atoms with Gasteiger partial charge in [-0.3, -0.25) is 4.79 Å². The molecular formula is C20H29NO2. The fourth-order valence-corrected chi connectivity index (χ4v) is 4.51. The van der Waals surface area contributed by atoms with Gasteiger partial charge in [0, 0.05) is 13.1 Å². The molecule has 1 atom stereocenters. The Kier molecular flexibility index (Phi) is 5.05. The van der Waals surface area contributed by atoms with Crippen molar-refractivity contribution in [2.45, 2.75) is 45.4 Å². The summed E-state index contributed by atoms with van der Waals surface area (Å²) in [5, 5.41) is 9.31. The molecule has 2 fully saturated rings. The molecule has 1 aromatic carbocycles. The van der Waals surface area contributed by atoms with Gasteiger partial charge in [-0.1, -0.05) is 37.3 Å². The topological polar surface area (TPSA) is 40.5 Å². The third-order valence-corrected chi connectivity index (χ3v) is 6.01. The quantitative estimate of drug-likeness (QED) is 0.906. The van der Waals surface area contributed by atoms with E-state index in [0.29, 0.717) is 5.41 Å². The van der Waals surface area contributed by atoms with E-state index in [1.54, 1.807) is 0 Å². The van der Waals surface area contributed by atoms with Gasteiger partial charge in [-0.05, 0) is 55.4 Å². The van der Waals surface area contributed by atoms with Gasteiger partial charge in [-0.2, -0.15) is 0 Å². The zero-order valence-electron chi connectivity index (χ0n) is 14.2. The molecular weight excluding hydrogens is 286 g/mol. The van der Waals surface area contributed by atoms with E-state index in [2.05, 4.69) is 30.3 Å². The van der Waals surface area contributed by atoms with Gasteiger partial charge in [0.15, 0.2) is 0 Å². The maximum atomic E-state index is 12.3. The number of hydrogen-bond donors (Lipinski definition) is 1. The number of carbonyl (C=O) groups is 1. The van der Waals surface area contributed by atoms with E-state index in [1.807, 2.05) is 11.8 Å². The minimum atomic E-state index is -0.198. The van der Waals surface area contributed by atoms with Crippen LogP contribution in [0.15, 0.2) is 30.3 Å². The predicted octanol–water partition coefficient (Wildman–Crippen LogP) is 3.27. The molecule has 1 N–H and O–H groups in total. The van der Waals surface area contributed by atoms with Crippen LogP contribution in [-0.4, -0.2) is 35.6 Å². The number of carbonyl (C=O) groups excluding carboxylic acids is 1. The second kappa shape index (κ2) is 7.04. The molecule has 3 rings (SSSR count). The zero-order valence-corrected chi connectivity index (χ0v) is 14.2. The Balaban J connectivity index is 1.46. The summed E-state index contributed by atoms with van der Waals surface area (Å²) >= 11 is 0. The highest BCUT2D eigenvalue weighted by atomic mass is 16.3. The maximum Gasteiger partial charge on any atom is 0.227 e. The first-order chi connectivity index (χ1) is 11.2. The lowest BCUT2D eigenvalue weighted by atomic mass is 9.56. The van der Waals surface area contributed by atoms with E-state index in [9.17, 15) is 9.90 Å². The van der Waals surface area contributed by atoms with Crippen molar-refractivity contribution >= 4 is 5.91 Å². The van der Waals surface area contributed by atoms with E-state index >= 15 is 0 Å². The van der Waals surface area contributed by atoms with Crippen LogP contribution < -0.4 is 0 Å². The molecule has 126 valence electrons. The molecule has 1 saturated carbocycles. The first-order valence-electron chi connectivity index (χ1n) is 9.09. The van der Waals surface area contributed by atoms with E-state index < -0.39 is 0 Å². The van der Waals surface area contributed by atoms with E-state index in [1.165, 1.54) is 24.8 Å². The number of nitrogens with zero attached hydrogens (tertiary/aromatic N) is 1. The first-order valence-corrected chi connectivity index (χ1v) is 9.09. The molecule has 1 heterocycles. The van der Waals surface area contributed by atoms with Gasteiger partial charge in [0.1, 0.15) is 0 Å². The molecule has 1 aromatic rings. The molecule has 3 nitrogen and oxygen atoms in total. The molecule has 2 aliphatic rings. The fourth-order valence-electron chi connectivity index (χ4n) is 4.51. The van der Waals surface area contributed by atoms with Gasteiger partial charge in [0.25, 0.3) is 0 Å². The number of amides is 1. The average molecular weight is 315 g/mol. The van der Waals surface area contributed by atoms with Crippen LogP contribution in [0.25, 0.3) is 0 Å². The van der Waals surface area contributed by atoms with E-state index in [0.717, 1.165) is 38.3 Å².